The number of alkyl halides is 3. The molecule has 1 rings (SSSR count). The van der Waals surface area contributed by atoms with E-state index in [2.05, 4.69) is 0 Å². The van der Waals surface area contributed by atoms with Crippen molar-refractivity contribution in [2.75, 3.05) is 5.73 Å². The molecule has 0 fully saturated rings. The lowest BCUT2D eigenvalue weighted by Gasteiger charge is -2.25. The van der Waals surface area contributed by atoms with E-state index in [1.54, 1.807) is 6.92 Å². The van der Waals surface area contributed by atoms with E-state index in [0.29, 0.717) is 0 Å². The van der Waals surface area contributed by atoms with Crippen molar-refractivity contribution in [1.29, 1.82) is 0 Å². The zero-order chi connectivity index (χ0) is 15.7. The van der Waals surface area contributed by atoms with E-state index in [0.717, 1.165) is 18.2 Å². The first-order valence-electron chi connectivity index (χ1n) is 6.25. The molecule has 3 N–H and O–H groups in total. The number of hydrogen-bond donors (Lipinski definition) is 2. The van der Waals surface area contributed by atoms with E-state index in [1.807, 2.05) is 13.8 Å². The van der Waals surface area contributed by atoms with Gasteiger partial charge in [0, 0.05) is 5.69 Å². The normalized spacial score (nSPS) is 15.2. The quantitative estimate of drug-likeness (QED) is 0.830. The maximum absolute atomic E-state index is 12.7. The van der Waals surface area contributed by atoms with Crippen LogP contribution in [0.1, 0.15) is 37.8 Å². The first kappa shape index (κ1) is 16.3. The monoisotopic (exact) mass is 289 g/mol. The molecule has 2 unspecified atom stereocenters. The van der Waals surface area contributed by atoms with Crippen molar-refractivity contribution < 1.29 is 23.1 Å². The van der Waals surface area contributed by atoms with E-state index in [-0.39, 0.29) is 23.1 Å². The molecule has 0 aromatic heterocycles. The van der Waals surface area contributed by atoms with Crippen LogP contribution in [0.15, 0.2) is 18.2 Å². The summed E-state index contributed by atoms with van der Waals surface area (Å²) in [5, 5.41) is 9.33. The van der Waals surface area contributed by atoms with Crippen molar-refractivity contribution >= 4 is 11.7 Å². The minimum atomic E-state index is -4.52. The van der Waals surface area contributed by atoms with Crippen molar-refractivity contribution in [3.05, 3.63) is 29.3 Å². The second-order valence-electron chi connectivity index (χ2n) is 5.26. The Morgan fingerprint density at radius 2 is 1.80 bits per heavy atom. The van der Waals surface area contributed by atoms with Gasteiger partial charge in [-0.3, -0.25) is 4.79 Å². The predicted octanol–water partition coefficient (Wildman–Crippen LogP) is 3.75. The van der Waals surface area contributed by atoms with Crippen LogP contribution in [0, 0.1) is 11.8 Å². The third kappa shape index (κ3) is 3.43. The molecule has 2 atom stereocenters. The summed E-state index contributed by atoms with van der Waals surface area (Å²) in [6, 6.07) is 2.81. The lowest BCUT2D eigenvalue weighted by molar-refractivity contribution is -0.141. The average Bonchev–Trinajstić information content (AvgIpc) is 2.29. The molecule has 0 bridgehead atoms. The van der Waals surface area contributed by atoms with Crippen LogP contribution in [-0.4, -0.2) is 11.1 Å². The number of hydrogen-bond acceptors (Lipinski definition) is 2. The number of aliphatic carboxylic acids is 1. The molecule has 0 heterocycles. The van der Waals surface area contributed by atoms with Gasteiger partial charge in [0.25, 0.3) is 0 Å². The molecule has 0 radical (unpaired) electrons. The second-order valence-corrected chi connectivity index (χ2v) is 5.26. The van der Waals surface area contributed by atoms with E-state index < -0.39 is 23.6 Å². The van der Waals surface area contributed by atoms with Crippen molar-refractivity contribution in [3.63, 3.8) is 0 Å². The van der Waals surface area contributed by atoms with E-state index >= 15 is 0 Å². The Morgan fingerprint density at radius 3 is 2.20 bits per heavy atom. The van der Waals surface area contributed by atoms with Crippen molar-refractivity contribution in [3.8, 4) is 0 Å². The van der Waals surface area contributed by atoms with Gasteiger partial charge < -0.3 is 10.8 Å². The Labute approximate surface area is 115 Å². The van der Waals surface area contributed by atoms with Gasteiger partial charge in [0.05, 0.1) is 11.5 Å². The first-order chi connectivity index (χ1) is 9.05. The molecule has 0 aliphatic heterocycles. The van der Waals surface area contributed by atoms with Crippen molar-refractivity contribution in [2.24, 2.45) is 11.8 Å². The minimum Gasteiger partial charge on any atom is -0.481 e. The highest BCUT2D eigenvalue weighted by Crippen LogP contribution is 2.37. The molecule has 6 heteroatoms. The Kier molecular flexibility index (Phi) is 4.68. The van der Waals surface area contributed by atoms with Crippen LogP contribution >= 0.6 is 0 Å². The van der Waals surface area contributed by atoms with Gasteiger partial charge in [0.15, 0.2) is 0 Å². The lowest BCUT2D eigenvalue weighted by atomic mass is 9.79. The third-order valence-corrected chi connectivity index (χ3v) is 3.59. The number of rotatable bonds is 4. The molecule has 3 nitrogen and oxygen atoms in total. The Bertz CT molecular complexity index is 498. The fourth-order valence-corrected chi connectivity index (χ4v) is 2.05. The van der Waals surface area contributed by atoms with Gasteiger partial charge in [-0.15, -0.1) is 0 Å². The molecule has 1 aromatic rings. The zero-order valence-corrected chi connectivity index (χ0v) is 11.5. The number of nitrogens with two attached hydrogens (primary N) is 1. The number of nitrogen functional groups attached to an aromatic ring is 1. The van der Waals surface area contributed by atoms with Gasteiger partial charge in [0.2, 0.25) is 0 Å². The van der Waals surface area contributed by atoms with Crippen molar-refractivity contribution in [2.45, 2.75) is 32.9 Å². The number of benzene rings is 1. The van der Waals surface area contributed by atoms with Crippen molar-refractivity contribution in [1.82, 2.24) is 0 Å². The standard InChI is InChI=1S/C14H18F3NO2/c1-7(2)8(3)12(13(19)20)10-6-9(14(15,16)17)4-5-11(10)18/h4-8,12H,18H2,1-3H3,(H,19,20). The summed E-state index contributed by atoms with van der Waals surface area (Å²) < 4.78 is 38.2. The Morgan fingerprint density at radius 1 is 1.25 bits per heavy atom. The van der Waals surface area contributed by atoms with E-state index in [4.69, 9.17) is 5.73 Å². The van der Waals surface area contributed by atoms with Crippen LogP contribution in [-0.2, 0) is 11.0 Å². The lowest BCUT2D eigenvalue weighted by Crippen LogP contribution is -2.24. The topological polar surface area (TPSA) is 63.3 Å². The summed E-state index contributed by atoms with van der Waals surface area (Å²) >= 11 is 0. The SMILES string of the molecule is CC(C)C(C)C(C(=O)O)c1cc(C(F)(F)F)ccc1N. The largest absolute Gasteiger partial charge is 0.481 e. The highest BCUT2D eigenvalue weighted by molar-refractivity contribution is 5.79. The van der Waals surface area contributed by atoms with E-state index in [1.165, 1.54) is 0 Å². The molecule has 0 aliphatic rings. The van der Waals surface area contributed by atoms with Gasteiger partial charge in [-0.05, 0) is 35.6 Å². The molecule has 112 valence electrons. The summed E-state index contributed by atoms with van der Waals surface area (Å²) in [7, 11) is 0. The highest BCUT2D eigenvalue weighted by Gasteiger charge is 2.35. The van der Waals surface area contributed by atoms with Gasteiger partial charge >= 0.3 is 12.1 Å². The number of carbonyl (C=O) groups is 1. The minimum absolute atomic E-state index is 0.00467. The molecular formula is C14H18F3NO2. The molecule has 1 aromatic carbocycles. The number of halogens is 3. The summed E-state index contributed by atoms with van der Waals surface area (Å²) in [6.07, 6.45) is -4.52. The van der Waals surface area contributed by atoms with Crippen LogP contribution in [0.2, 0.25) is 0 Å². The van der Waals surface area contributed by atoms with Crippen LogP contribution in [0.3, 0.4) is 0 Å². The van der Waals surface area contributed by atoms with E-state index in [9.17, 15) is 23.1 Å². The van der Waals surface area contributed by atoms with Gasteiger partial charge in [-0.25, -0.2) is 0 Å². The number of anilines is 1. The predicted molar refractivity (Wildman–Crippen MR) is 70.2 cm³/mol. The second kappa shape index (κ2) is 5.73. The molecular weight excluding hydrogens is 271 g/mol. The van der Waals surface area contributed by atoms with Gasteiger partial charge in [-0.1, -0.05) is 20.8 Å². The smallest absolute Gasteiger partial charge is 0.416 e. The van der Waals surface area contributed by atoms with Crippen LogP contribution in [0.25, 0.3) is 0 Å². The molecule has 0 spiro atoms. The Hall–Kier alpha value is -1.72. The summed E-state index contributed by atoms with van der Waals surface area (Å²) in [6.45, 7) is 5.35. The summed E-state index contributed by atoms with van der Waals surface area (Å²) in [5.74, 6) is -2.56. The van der Waals surface area contributed by atoms with Gasteiger partial charge in [-0.2, -0.15) is 13.2 Å². The third-order valence-electron chi connectivity index (χ3n) is 3.59. The Balaban J connectivity index is 3.37. The maximum Gasteiger partial charge on any atom is 0.416 e. The molecule has 20 heavy (non-hydrogen) atoms. The molecule has 0 amide bonds. The van der Waals surface area contributed by atoms with Crippen LogP contribution in [0.4, 0.5) is 18.9 Å². The maximum atomic E-state index is 12.7. The molecule has 0 aliphatic carbocycles. The first-order valence-corrected chi connectivity index (χ1v) is 6.25. The zero-order valence-electron chi connectivity index (χ0n) is 11.5. The highest BCUT2D eigenvalue weighted by atomic mass is 19.4. The molecule has 0 saturated carbocycles. The summed E-state index contributed by atoms with van der Waals surface area (Å²) in [5.41, 5.74) is 4.88. The fourth-order valence-electron chi connectivity index (χ4n) is 2.05. The van der Waals surface area contributed by atoms with Crippen LogP contribution in [0.5, 0.6) is 0 Å². The average molecular weight is 289 g/mol. The fraction of sp³-hybridized carbons (Fsp3) is 0.500. The molecule has 0 saturated heterocycles. The van der Waals surface area contributed by atoms with Gasteiger partial charge in [0.1, 0.15) is 0 Å². The summed E-state index contributed by atoms with van der Waals surface area (Å²) in [4.78, 5) is 11.4. The number of carboxylic acids is 1. The number of carboxylic acid groups (broad SMARTS) is 1. The van der Waals surface area contributed by atoms with Crippen LogP contribution < -0.4 is 5.73 Å².